The highest BCUT2D eigenvalue weighted by Crippen LogP contribution is 2.13. The van der Waals surface area contributed by atoms with Gasteiger partial charge in [0.25, 0.3) is 0 Å². The largest absolute Gasteiger partial charge is 0.375 e. The van der Waals surface area contributed by atoms with E-state index in [4.69, 9.17) is 10.5 Å². The van der Waals surface area contributed by atoms with Crippen LogP contribution in [0.4, 0.5) is 0 Å². The standard InChI is InChI=1S/C15H25NO/c1-4-13-7-9-14(10-8-13)11-17-12-15(16,5-2)6-3/h7-10H,4-6,11-12,16H2,1-3H3. The predicted molar refractivity (Wildman–Crippen MR) is 73.0 cm³/mol. The number of ether oxygens (including phenoxy) is 1. The molecule has 0 saturated carbocycles. The third-order valence-corrected chi connectivity index (χ3v) is 3.50. The van der Waals surface area contributed by atoms with Gasteiger partial charge in [-0.15, -0.1) is 0 Å². The van der Waals surface area contributed by atoms with E-state index in [1.807, 2.05) is 0 Å². The Bertz CT molecular complexity index is 314. The fourth-order valence-corrected chi connectivity index (χ4v) is 1.70. The molecule has 1 rings (SSSR count). The van der Waals surface area contributed by atoms with E-state index in [1.54, 1.807) is 0 Å². The lowest BCUT2D eigenvalue weighted by atomic mass is 9.96. The molecule has 0 aliphatic rings. The lowest BCUT2D eigenvalue weighted by Gasteiger charge is -2.26. The van der Waals surface area contributed by atoms with Crippen molar-refractivity contribution >= 4 is 0 Å². The number of hydrogen-bond donors (Lipinski definition) is 1. The van der Waals surface area contributed by atoms with Crippen molar-refractivity contribution < 1.29 is 4.74 Å². The third kappa shape index (κ3) is 4.49. The van der Waals surface area contributed by atoms with Gasteiger partial charge in [0.2, 0.25) is 0 Å². The van der Waals surface area contributed by atoms with E-state index in [9.17, 15) is 0 Å². The number of aryl methyl sites for hydroxylation is 1. The molecule has 0 aliphatic carbocycles. The minimum Gasteiger partial charge on any atom is -0.375 e. The molecule has 2 N–H and O–H groups in total. The Balaban J connectivity index is 2.40. The molecule has 17 heavy (non-hydrogen) atoms. The smallest absolute Gasteiger partial charge is 0.0717 e. The highest BCUT2D eigenvalue weighted by Gasteiger charge is 2.19. The normalized spacial score (nSPS) is 11.8. The Morgan fingerprint density at radius 2 is 1.53 bits per heavy atom. The molecule has 0 amide bonds. The Hall–Kier alpha value is -0.860. The van der Waals surface area contributed by atoms with Gasteiger partial charge in [-0.1, -0.05) is 45.0 Å². The monoisotopic (exact) mass is 235 g/mol. The summed E-state index contributed by atoms with van der Waals surface area (Å²) in [6.45, 7) is 7.68. The average molecular weight is 235 g/mol. The zero-order valence-electron chi connectivity index (χ0n) is 11.3. The molecule has 96 valence electrons. The Labute approximate surface area is 105 Å². The maximum Gasteiger partial charge on any atom is 0.0717 e. The number of rotatable bonds is 7. The molecule has 2 nitrogen and oxygen atoms in total. The summed E-state index contributed by atoms with van der Waals surface area (Å²) in [5, 5.41) is 0. The predicted octanol–water partition coefficient (Wildman–Crippen LogP) is 3.28. The third-order valence-electron chi connectivity index (χ3n) is 3.50. The van der Waals surface area contributed by atoms with Crippen LogP contribution in [0.1, 0.15) is 44.7 Å². The van der Waals surface area contributed by atoms with E-state index in [1.165, 1.54) is 11.1 Å². The second-order valence-electron chi connectivity index (χ2n) is 4.73. The first-order chi connectivity index (χ1) is 8.13. The van der Waals surface area contributed by atoms with Gasteiger partial charge in [0, 0.05) is 5.54 Å². The summed E-state index contributed by atoms with van der Waals surface area (Å²) in [4.78, 5) is 0. The molecule has 0 fully saturated rings. The van der Waals surface area contributed by atoms with Crippen molar-refractivity contribution in [2.24, 2.45) is 5.73 Å². The van der Waals surface area contributed by atoms with E-state index in [-0.39, 0.29) is 5.54 Å². The van der Waals surface area contributed by atoms with Crippen molar-refractivity contribution in [1.82, 2.24) is 0 Å². The SMILES string of the molecule is CCc1ccc(COCC(N)(CC)CC)cc1. The van der Waals surface area contributed by atoms with Crippen LogP contribution < -0.4 is 5.73 Å². The number of benzene rings is 1. The van der Waals surface area contributed by atoms with Gasteiger partial charge in [0.1, 0.15) is 0 Å². The van der Waals surface area contributed by atoms with Gasteiger partial charge >= 0.3 is 0 Å². The van der Waals surface area contributed by atoms with Crippen molar-refractivity contribution in [2.45, 2.75) is 52.2 Å². The lowest BCUT2D eigenvalue weighted by Crippen LogP contribution is -2.43. The van der Waals surface area contributed by atoms with Gasteiger partial charge in [-0.25, -0.2) is 0 Å². The second kappa shape index (κ2) is 6.77. The van der Waals surface area contributed by atoms with E-state index >= 15 is 0 Å². The first-order valence-corrected chi connectivity index (χ1v) is 6.58. The summed E-state index contributed by atoms with van der Waals surface area (Å²) in [7, 11) is 0. The second-order valence-corrected chi connectivity index (χ2v) is 4.73. The van der Waals surface area contributed by atoms with Crippen LogP contribution in [0.3, 0.4) is 0 Å². The van der Waals surface area contributed by atoms with Crippen LogP contribution in [0, 0.1) is 0 Å². The first kappa shape index (κ1) is 14.2. The molecule has 0 atom stereocenters. The van der Waals surface area contributed by atoms with Crippen molar-refractivity contribution in [3.05, 3.63) is 35.4 Å². The Kier molecular flexibility index (Phi) is 5.66. The summed E-state index contributed by atoms with van der Waals surface area (Å²) >= 11 is 0. The zero-order valence-corrected chi connectivity index (χ0v) is 11.3. The van der Waals surface area contributed by atoms with Crippen molar-refractivity contribution in [3.8, 4) is 0 Å². The fraction of sp³-hybridized carbons (Fsp3) is 0.600. The van der Waals surface area contributed by atoms with E-state index in [0.717, 1.165) is 19.3 Å². The van der Waals surface area contributed by atoms with Crippen LogP contribution in [-0.4, -0.2) is 12.1 Å². The molecule has 0 aliphatic heterocycles. The fourth-order valence-electron chi connectivity index (χ4n) is 1.70. The lowest BCUT2D eigenvalue weighted by molar-refractivity contribution is 0.0696. The van der Waals surface area contributed by atoms with Gasteiger partial charge in [0.15, 0.2) is 0 Å². The summed E-state index contributed by atoms with van der Waals surface area (Å²) in [6, 6.07) is 8.59. The quantitative estimate of drug-likeness (QED) is 0.787. The molecule has 1 aromatic carbocycles. The van der Waals surface area contributed by atoms with Crippen molar-refractivity contribution in [1.29, 1.82) is 0 Å². The minimum absolute atomic E-state index is 0.163. The topological polar surface area (TPSA) is 35.2 Å². The minimum atomic E-state index is -0.163. The molecule has 0 radical (unpaired) electrons. The molecular formula is C15H25NO. The van der Waals surface area contributed by atoms with Gasteiger partial charge in [-0.05, 0) is 30.4 Å². The summed E-state index contributed by atoms with van der Waals surface area (Å²) in [5.41, 5.74) is 8.60. The average Bonchev–Trinajstić information content (AvgIpc) is 2.39. The highest BCUT2D eigenvalue weighted by molar-refractivity contribution is 5.21. The highest BCUT2D eigenvalue weighted by atomic mass is 16.5. The van der Waals surface area contributed by atoms with Crippen LogP contribution in [0.25, 0.3) is 0 Å². The maximum absolute atomic E-state index is 6.18. The molecular weight excluding hydrogens is 210 g/mol. The summed E-state index contributed by atoms with van der Waals surface area (Å²) < 4.78 is 5.72. The van der Waals surface area contributed by atoms with Crippen LogP contribution in [0.2, 0.25) is 0 Å². The van der Waals surface area contributed by atoms with E-state index in [2.05, 4.69) is 45.0 Å². The molecule has 0 spiro atoms. The van der Waals surface area contributed by atoms with Crippen LogP contribution in [0.5, 0.6) is 0 Å². The summed E-state index contributed by atoms with van der Waals surface area (Å²) in [6.07, 6.45) is 3.00. The summed E-state index contributed by atoms with van der Waals surface area (Å²) in [5.74, 6) is 0. The number of hydrogen-bond acceptors (Lipinski definition) is 2. The van der Waals surface area contributed by atoms with Crippen molar-refractivity contribution in [2.75, 3.05) is 6.61 Å². The number of nitrogens with two attached hydrogens (primary N) is 1. The molecule has 0 saturated heterocycles. The molecule has 0 unspecified atom stereocenters. The van der Waals surface area contributed by atoms with E-state index < -0.39 is 0 Å². The molecule has 0 aromatic heterocycles. The molecule has 0 bridgehead atoms. The van der Waals surface area contributed by atoms with Crippen LogP contribution >= 0.6 is 0 Å². The van der Waals surface area contributed by atoms with Gasteiger partial charge in [-0.3, -0.25) is 0 Å². The van der Waals surface area contributed by atoms with Crippen LogP contribution in [-0.2, 0) is 17.8 Å². The molecule has 1 aromatic rings. The maximum atomic E-state index is 6.18. The van der Waals surface area contributed by atoms with Crippen LogP contribution in [0.15, 0.2) is 24.3 Å². The van der Waals surface area contributed by atoms with Gasteiger partial charge in [0.05, 0.1) is 13.2 Å². The molecule has 2 heteroatoms. The Morgan fingerprint density at radius 1 is 1.00 bits per heavy atom. The first-order valence-electron chi connectivity index (χ1n) is 6.58. The zero-order chi connectivity index (χ0) is 12.7. The van der Waals surface area contributed by atoms with Crippen molar-refractivity contribution in [3.63, 3.8) is 0 Å². The van der Waals surface area contributed by atoms with Gasteiger partial charge < -0.3 is 10.5 Å². The molecule has 0 heterocycles. The van der Waals surface area contributed by atoms with Gasteiger partial charge in [-0.2, -0.15) is 0 Å². The Morgan fingerprint density at radius 3 is 2.00 bits per heavy atom. The van der Waals surface area contributed by atoms with E-state index in [0.29, 0.717) is 13.2 Å².